The summed E-state index contributed by atoms with van der Waals surface area (Å²) >= 11 is 0. The Labute approximate surface area is 86.9 Å². The Morgan fingerprint density at radius 2 is 2.27 bits per heavy atom. The molecule has 0 atom stereocenters. The van der Waals surface area contributed by atoms with Crippen LogP contribution in [-0.4, -0.2) is 21.6 Å². The molecule has 0 bridgehead atoms. The second kappa shape index (κ2) is 3.49. The minimum absolute atomic E-state index is 0.0884. The summed E-state index contributed by atoms with van der Waals surface area (Å²) in [6, 6.07) is 2.72. The number of nitrogens with one attached hydrogen (secondary N) is 2. The highest BCUT2D eigenvalue weighted by Gasteiger charge is 2.33. The molecule has 1 heterocycles. The number of aromatic nitrogens is 2. The van der Waals surface area contributed by atoms with Gasteiger partial charge in [0.15, 0.2) is 0 Å². The molecule has 1 amide bonds. The van der Waals surface area contributed by atoms with Crippen molar-refractivity contribution in [2.24, 2.45) is 0 Å². The molecule has 15 heavy (non-hydrogen) atoms. The summed E-state index contributed by atoms with van der Waals surface area (Å²) in [4.78, 5) is 22.4. The van der Waals surface area contributed by atoms with Gasteiger partial charge in [-0.1, -0.05) is 0 Å². The maximum atomic E-state index is 11.7. The van der Waals surface area contributed by atoms with E-state index in [-0.39, 0.29) is 22.7 Å². The standard InChI is InChI=1S/C10H13N3O2/c1-10(5-2-6-10)11-9(15)7-3-4-8(14)13-12-7/h3-4H,2,5-6H2,1H3,(H,11,15)(H,13,14). The number of H-pyrrole nitrogens is 1. The molecule has 1 aliphatic rings. The molecule has 0 radical (unpaired) electrons. The number of carbonyl (C=O) groups excluding carboxylic acids is 1. The van der Waals surface area contributed by atoms with Crippen molar-refractivity contribution in [3.8, 4) is 0 Å². The summed E-state index contributed by atoms with van der Waals surface area (Å²) in [5.41, 5.74) is -0.140. The number of carbonyl (C=O) groups is 1. The first-order chi connectivity index (χ1) is 7.09. The SMILES string of the molecule is CC1(NC(=O)c2ccc(=O)[nH]n2)CCC1. The van der Waals surface area contributed by atoms with E-state index in [1.807, 2.05) is 6.92 Å². The first kappa shape index (κ1) is 9.89. The molecule has 1 fully saturated rings. The van der Waals surface area contributed by atoms with Crippen LogP contribution in [0, 0.1) is 0 Å². The summed E-state index contributed by atoms with van der Waals surface area (Å²) in [5, 5.41) is 8.81. The molecule has 2 rings (SSSR count). The summed E-state index contributed by atoms with van der Waals surface area (Å²) in [6.45, 7) is 2.01. The smallest absolute Gasteiger partial charge is 0.272 e. The van der Waals surface area contributed by atoms with Crippen LogP contribution < -0.4 is 10.9 Å². The first-order valence-corrected chi connectivity index (χ1v) is 4.97. The van der Waals surface area contributed by atoms with Crippen LogP contribution in [0.25, 0.3) is 0 Å². The lowest BCUT2D eigenvalue weighted by Gasteiger charge is -2.38. The van der Waals surface area contributed by atoms with Crippen molar-refractivity contribution in [1.29, 1.82) is 0 Å². The van der Waals surface area contributed by atoms with Crippen molar-refractivity contribution in [3.05, 3.63) is 28.2 Å². The molecule has 5 heteroatoms. The molecule has 1 saturated carbocycles. The van der Waals surface area contributed by atoms with E-state index >= 15 is 0 Å². The zero-order chi connectivity index (χ0) is 10.9. The Hall–Kier alpha value is -1.65. The van der Waals surface area contributed by atoms with E-state index in [4.69, 9.17) is 0 Å². The van der Waals surface area contributed by atoms with Gasteiger partial charge >= 0.3 is 0 Å². The molecule has 0 spiro atoms. The first-order valence-electron chi connectivity index (χ1n) is 4.97. The number of hydrogen-bond acceptors (Lipinski definition) is 3. The van der Waals surface area contributed by atoms with Gasteiger partial charge in [0, 0.05) is 11.6 Å². The second-order valence-corrected chi connectivity index (χ2v) is 4.17. The van der Waals surface area contributed by atoms with Crippen LogP contribution in [0.3, 0.4) is 0 Å². The van der Waals surface area contributed by atoms with Crippen LogP contribution in [0.2, 0.25) is 0 Å². The van der Waals surface area contributed by atoms with Gasteiger partial charge in [-0.05, 0) is 32.3 Å². The van der Waals surface area contributed by atoms with E-state index < -0.39 is 0 Å². The Morgan fingerprint density at radius 1 is 1.53 bits per heavy atom. The number of amides is 1. The van der Waals surface area contributed by atoms with Crippen molar-refractivity contribution in [3.63, 3.8) is 0 Å². The fourth-order valence-corrected chi connectivity index (χ4v) is 1.64. The van der Waals surface area contributed by atoms with E-state index in [0.717, 1.165) is 19.3 Å². The minimum Gasteiger partial charge on any atom is -0.345 e. The van der Waals surface area contributed by atoms with E-state index in [2.05, 4.69) is 15.5 Å². The molecule has 1 aromatic rings. The van der Waals surface area contributed by atoms with Crippen LogP contribution >= 0.6 is 0 Å². The van der Waals surface area contributed by atoms with Gasteiger partial charge in [-0.3, -0.25) is 9.59 Å². The average Bonchev–Trinajstić information content (AvgIpc) is 2.16. The third-order valence-corrected chi connectivity index (χ3v) is 2.78. The van der Waals surface area contributed by atoms with E-state index in [1.165, 1.54) is 12.1 Å². The lowest BCUT2D eigenvalue weighted by Crippen LogP contribution is -2.51. The van der Waals surface area contributed by atoms with Crippen LogP contribution in [0.15, 0.2) is 16.9 Å². The summed E-state index contributed by atoms with van der Waals surface area (Å²) in [6.07, 6.45) is 3.15. The van der Waals surface area contributed by atoms with Gasteiger partial charge in [0.05, 0.1) is 0 Å². The molecule has 0 saturated heterocycles. The third kappa shape index (κ3) is 2.06. The summed E-state index contributed by atoms with van der Waals surface area (Å²) < 4.78 is 0. The molecule has 0 unspecified atom stereocenters. The highest BCUT2D eigenvalue weighted by Crippen LogP contribution is 2.30. The van der Waals surface area contributed by atoms with Crippen LogP contribution in [-0.2, 0) is 0 Å². The molecule has 80 valence electrons. The van der Waals surface area contributed by atoms with Crippen LogP contribution in [0.4, 0.5) is 0 Å². The van der Waals surface area contributed by atoms with Gasteiger partial charge in [0.25, 0.3) is 11.5 Å². The van der Waals surface area contributed by atoms with Gasteiger partial charge in [0.1, 0.15) is 5.69 Å². The zero-order valence-corrected chi connectivity index (χ0v) is 8.54. The van der Waals surface area contributed by atoms with Gasteiger partial charge < -0.3 is 5.32 Å². The zero-order valence-electron chi connectivity index (χ0n) is 8.54. The number of aromatic amines is 1. The third-order valence-electron chi connectivity index (χ3n) is 2.78. The van der Waals surface area contributed by atoms with E-state index in [1.54, 1.807) is 0 Å². The second-order valence-electron chi connectivity index (χ2n) is 4.17. The predicted molar refractivity (Wildman–Crippen MR) is 54.6 cm³/mol. The Morgan fingerprint density at radius 3 is 2.73 bits per heavy atom. The lowest BCUT2D eigenvalue weighted by molar-refractivity contribution is 0.0844. The van der Waals surface area contributed by atoms with Crippen molar-refractivity contribution in [2.75, 3.05) is 0 Å². The van der Waals surface area contributed by atoms with Gasteiger partial charge in [-0.2, -0.15) is 5.10 Å². The van der Waals surface area contributed by atoms with E-state index in [9.17, 15) is 9.59 Å². The van der Waals surface area contributed by atoms with Crippen LogP contribution in [0.1, 0.15) is 36.7 Å². The summed E-state index contributed by atoms with van der Waals surface area (Å²) in [5.74, 6) is -0.228. The molecule has 5 nitrogen and oxygen atoms in total. The molecule has 2 N–H and O–H groups in total. The maximum Gasteiger partial charge on any atom is 0.272 e. The molecular formula is C10H13N3O2. The molecule has 0 aliphatic heterocycles. The maximum absolute atomic E-state index is 11.7. The van der Waals surface area contributed by atoms with E-state index in [0.29, 0.717) is 0 Å². The number of rotatable bonds is 2. The van der Waals surface area contributed by atoms with Crippen molar-refractivity contribution >= 4 is 5.91 Å². The Bertz CT molecular complexity index is 414. The quantitative estimate of drug-likeness (QED) is 0.739. The minimum atomic E-state index is -0.304. The van der Waals surface area contributed by atoms with Crippen molar-refractivity contribution in [1.82, 2.24) is 15.5 Å². The highest BCUT2D eigenvalue weighted by molar-refractivity contribution is 5.92. The topological polar surface area (TPSA) is 74.8 Å². The number of nitrogens with zero attached hydrogens (tertiary/aromatic N) is 1. The predicted octanol–water partition coefficient (Wildman–Crippen LogP) is 0.442. The largest absolute Gasteiger partial charge is 0.345 e. The highest BCUT2D eigenvalue weighted by atomic mass is 16.2. The monoisotopic (exact) mass is 207 g/mol. The van der Waals surface area contributed by atoms with Gasteiger partial charge in [-0.25, -0.2) is 5.10 Å². The number of hydrogen-bond donors (Lipinski definition) is 2. The fraction of sp³-hybridized carbons (Fsp3) is 0.500. The fourth-order valence-electron chi connectivity index (χ4n) is 1.64. The Balaban J connectivity index is 2.07. The van der Waals surface area contributed by atoms with Crippen molar-refractivity contribution < 1.29 is 4.79 Å². The normalized spacial score (nSPS) is 17.9. The van der Waals surface area contributed by atoms with Gasteiger partial charge in [0.2, 0.25) is 0 Å². The molecule has 0 aromatic carbocycles. The molecule has 1 aromatic heterocycles. The average molecular weight is 207 g/mol. The van der Waals surface area contributed by atoms with Gasteiger partial charge in [-0.15, -0.1) is 0 Å². The Kier molecular flexibility index (Phi) is 2.30. The van der Waals surface area contributed by atoms with Crippen LogP contribution in [0.5, 0.6) is 0 Å². The lowest BCUT2D eigenvalue weighted by atomic mass is 9.78. The van der Waals surface area contributed by atoms with Crippen molar-refractivity contribution in [2.45, 2.75) is 31.7 Å². The molecule has 1 aliphatic carbocycles. The molecular weight excluding hydrogens is 194 g/mol. The summed E-state index contributed by atoms with van der Waals surface area (Å²) in [7, 11) is 0.